The number of benzene rings is 1. The Bertz CT molecular complexity index is 1050. The predicted molar refractivity (Wildman–Crippen MR) is 107 cm³/mol. The first kappa shape index (κ1) is 17.2. The van der Waals surface area contributed by atoms with Gasteiger partial charge in [-0.2, -0.15) is 0 Å². The molecule has 2 aromatic heterocycles. The van der Waals surface area contributed by atoms with Crippen molar-refractivity contribution < 1.29 is 14.3 Å². The molecule has 0 spiro atoms. The average molecular weight is 396 g/mol. The molecule has 1 unspecified atom stereocenters. The van der Waals surface area contributed by atoms with Gasteiger partial charge in [0.05, 0.1) is 16.8 Å². The van der Waals surface area contributed by atoms with Gasteiger partial charge in [-0.25, -0.2) is 9.97 Å². The number of nitrogens with one attached hydrogen (secondary N) is 2. The minimum atomic E-state index is -0.128. The van der Waals surface area contributed by atoms with E-state index >= 15 is 0 Å². The molecular weight excluding hydrogens is 376 g/mol. The van der Waals surface area contributed by atoms with Crippen molar-refractivity contribution in [1.29, 1.82) is 0 Å². The van der Waals surface area contributed by atoms with Gasteiger partial charge in [0.1, 0.15) is 29.7 Å². The van der Waals surface area contributed by atoms with Gasteiger partial charge in [0.2, 0.25) is 0 Å². The van der Waals surface area contributed by atoms with E-state index in [0.29, 0.717) is 29.9 Å². The number of hydrogen-bond acceptors (Lipinski definition) is 7. The van der Waals surface area contributed by atoms with Crippen LogP contribution in [0.2, 0.25) is 0 Å². The number of fused-ring (bicyclic) bond motifs is 2. The lowest BCUT2D eigenvalue weighted by Gasteiger charge is -2.26. The number of amides is 1. The Balaban J connectivity index is 1.34. The number of ether oxygens (including phenoxy) is 2. The summed E-state index contributed by atoms with van der Waals surface area (Å²) < 4.78 is 11.8. The van der Waals surface area contributed by atoms with Gasteiger partial charge in [0.25, 0.3) is 5.91 Å². The lowest BCUT2D eigenvalue weighted by Crippen LogP contribution is -2.35. The zero-order chi connectivity index (χ0) is 19.1. The van der Waals surface area contributed by atoms with E-state index in [2.05, 4.69) is 20.6 Å². The summed E-state index contributed by atoms with van der Waals surface area (Å²) in [6.07, 6.45) is 3.53. The van der Waals surface area contributed by atoms with E-state index in [1.54, 1.807) is 0 Å². The second kappa shape index (κ2) is 6.94. The second-order valence-corrected chi connectivity index (χ2v) is 8.08. The van der Waals surface area contributed by atoms with Gasteiger partial charge in [-0.3, -0.25) is 4.79 Å². The van der Waals surface area contributed by atoms with Crippen molar-refractivity contribution in [1.82, 2.24) is 15.3 Å². The molecular formula is C20H20N4O3S. The average Bonchev–Trinajstić information content (AvgIpc) is 3.47. The molecule has 2 N–H and O–H groups in total. The number of rotatable bonds is 5. The standard InChI is InChI=1S/C20H20N4O3S/c1-11-16-18(21-8-13-9-26-14-4-2-3-5-15(14)27-13)22-10-23-20(16)28-17(11)19(25)24-12-6-7-12/h2-5,10,12-13H,6-9H2,1H3,(H,24,25)(H,21,22,23). The van der Waals surface area contributed by atoms with Crippen LogP contribution < -0.4 is 20.1 Å². The Labute approximate surface area is 166 Å². The van der Waals surface area contributed by atoms with Gasteiger partial charge in [-0.1, -0.05) is 12.1 Å². The summed E-state index contributed by atoms with van der Waals surface area (Å²) >= 11 is 1.41. The number of carbonyl (C=O) groups is 1. The molecule has 1 fully saturated rings. The first-order chi connectivity index (χ1) is 13.7. The molecule has 1 aliphatic carbocycles. The Morgan fingerprint density at radius 2 is 2.07 bits per heavy atom. The second-order valence-electron chi connectivity index (χ2n) is 7.08. The monoisotopic (exact) mass is 396 g/mol. The maximum Gasteiger partial charge on any atom is 0.261 e. The Morgan fingerprint density at radius 1 is 1.25 bits per heavy atom. The summed E-state index contributed by atoms with van der Waals surface area (Å²) in [6, 6.07) is 7.98. The van der Waals surface area contributed by atoms with Gasteiger partial charge >= 0.3 is 0 Å². The zero-order valence-electron chi connectivity index (χ0n) is 15.4. The molecule has 0 saturated heterocycles. The molecule has 144 valence electrons. The third-order valence-corrected chi connectivity index (χ3v) is 6.11. The minimum Gasteiger partial charge on any atom is -0.486 e. The third-order valence-electron chi connectivity index (χ3n) is 4.91. The molecule has 1 amide bonds. The van der Waals surface area contributed by atoms with Gasteiger partial charge < -0.3 is 20.1 Å². The first-order valence-electron chi connectivity index (χ1n) is 9.36. The molecule has 7 nitrogen and oxygen atoms in total. The molecule has 2 aliphatic rings. The minimum absolute atomic E-state index is 0.0189. The molecule has 3 heterocycles. The van der Waals surface area contributed by atoms with Crippen molar-refractivity contribution in [3.8, 4) is 11.5 Å². The fourth-order valence-electron chi connectivity index (χ4n) is 3.28. The van der Waals surface area contributed by atoms with Crippen LogP contribution >= 0.6 is 11.3 Å². The van der Waals surface area contributed by atoms with Crippen molar-refractivity contribution >= 4 is 33.3 Å². The van der Waals surface area contributed by atoms with Crippen LogP contribution in [0.15, 0.2) is 30.6 Å². The van der Waals surface area contributed by atoms with Gasteiger partial charge in [0.15, 0.2) is 11.5 Å². The number of thiophene rings is 1. The Morgan fingerprint density at radius 3 is 2.89 bits per heavy atom. The maximum absolute atomic E-state index is 12.5. The number of hydrogen-bond donors (Lipinski definition) is 2. The first-order valence-corrected chi connectivity index (χ1v) is 10.2. The van der Waals surface area contributed by atoms with Crippen LogP contribution in [-0.2, 0) is 0 Å². The highest BCUT2D eigenvalue weighted by molar-refractivity contribution is 7.20. The Hall–Kier alpha value is -2.87. The molecule has 5 rings (SSSR count). The number of para-hydroxylation sites is 2. The summed E-state index contributed by atoms with van der Waals surface area (Å²) in [6.45, 7) is 2.96. The number of aromatic nitrogens is 2. The normalized spacial score (nSPS) is 18.1. The van der Waals surface area contributed by atoms with Gasteiger partial charge in [-0.15, -0.1) is 11.3 Å². The molecule has 8 heteroatoms. The summed E-state index contributed by atoms with van der Waals surface area (Å²) in [5.74, 6) is 2.21. The number of anilines is 1. The van der Waals surface area contributed by atoms with Crippen LogP contribution in [-0.4, -0.2) is 41.2 Å². The highest BCUT2D eigenvalue weighted by atomic mass is 32.1. The fraction of sp³-hybridized carbons (Fsp3) is 0.350. The summed E-state index contributed by atoms with van der Waals surface area (Å²) in [7, 11) is 0. The highest BCUT2D eigenvalue weighted by Gasteiger charge is 2.27. The predicted octanol–water partition coefficient (Wildman–Crippen LogP) is 3.14. The molecule has 28 heavy (non-hydrogen) atoms. The fourth-order valence-corrected chi connectivity index (χ4v) is 4.33. The largest absolute Gasteiger partial charge is 0.486 e. The summed E-state index contributed by atoms with van der Waals surface area (Å²) in [5, 5.41) is 7.30. The van der Waals surface area contributed by atoms with Gasteiger partial charge in [-0.05, 0) is 37.5 Å². The molecule has 1 aromatic carbocycles. The van der Waals surface area contributed by atoms with E-state index in [1.807, 2.05) is 31.2 Å². The molecule has 0 bridgehead atoms. The number of carbonyl (C=O) groups excluding carboxylic acids is 1. The van der Waals surface area contributed by atoms with E-state index in [4.69, 9.17) is 9.47 Å². The van der Waals surface area contributed by atoms with Crippen molar-refractivity contribution in [2.45, 2.75) is 31.9 Å². The van der Waals surface area contributed by atoms with E-state index in [0.717, 1.165) is 40.1 Å². The molecule has 1 aliphatic heterocycles. The van der Waals surface area contributed by atoms with E-state index in [-0.39, 0.29) is 12.0 Å². The van der Waals surface area contributed by atoms with E-state index < -0.39 is 0 Å². The van der Waals surface area contributed by atoms with Crippen molar-refractivity contribution in [2.75, 3.05) is 18.5 Å². The van der Waals surface area contributed by atoms with Crippen LogP contribution in [0.4, 0.5) is 5.82 Å². The topological polar surface area (TPSA) is 85.4 Å². The molecule has 0 radical (unpaired) electrons. The third kappa shape index (κ3) is 3.24. The molecule has 1 atom stereocenters. The lowest BCUT2D eigenvalue weighted by atomic mass is 10.2. The smallest absolute Gasteiger partial charge is 0.261 e. The van der Waals surface area contributed by atoms with Gasteiger partial charge in [0, 0.05) is 6.04 Å². The number of aryl methyl sites for hydroxylation is 1. The maximum atomic E-state index is 12.5. The number of nitrogens with zero attached hydrogens (tertiary/aromatic N) is 2. The quantitative estimate of drug-likeness (QED) is 0.689. The summed E-state index contributed by atoms with van der Waals surface area (Å²) in [5.41, 5.74) is 0.910. The van der Waals surface area contributed by atoms with Crippen LogP contribution in [0.25, 0.3) is 10.2 Å². The van der Waals surface area contributed by atoms with Crippen LogP contribution in [0.1, 0.15) is 28.1 Å². The van der Waals surface area contributed by atoms with Crippen molar-refractivity contribution in [3.05, 3.63) is 41.0 Å². The lowest BCUT2D eigenvalue weighted by molar-refractivity contribution is 0.0954. The van der Waals surface area contributed by atoms with Crippen LogP contribution in [0.5, 0.6) is 11.5 Å². The van der Waals surface area contributed by atoms with Crippen LogP contribution in [0.3, 0.4) is 0 Å². The molecule has 1 saturated carbocycles. The summed E-state index contributed by atoms with van der Waals surface area (Å²) in [4.78, 5) is 22.8. The van der Waals surface area contributed by atoms with Crippen molar-refractivity contribution in [3.63, 3.8) is 0 Å². The van der Waals surface area contributed by atoms with Crippen LogP contribution in [0, 0.1) is 6.92 Å². The SMILES string of the molecule is Cc1c(C(=O)NC2CC2)sc2ncnc(NCC3COc4ccccc4O3)c12. The van der Waals surface area contributed by atoms with Crippen molar-refractivity contribution in [2.24, 2.45) is 0 Å². The molecule has 3 aromatic rings. The van der Waals surface area contributed by atoms with E-state index in [9.17, 15) is 4.79 Å². The van der Waals surface area contributed by atoms with E-state index in [1.165, 1.54) is 17.7 Å². The highest BCUT2D eigenvalue weighted by Crippen LogP contribution is 2.34. The Kier molecular flexibility index (Phi) is 4.27. The zero-order valence-corrected chi connectivity index (χ0v) is 16.2.